The van der Waals surface area contributed by atoms with E-state index in [1.165, 1.54) is 12.1 Å². The zero-order chi connectivity index (χ0) is 13.9. The molecular weight excluding hydrogens is 255 g/mol. The Morgan fingerprint density at radius 2 is 1.72 bits per heavy atom. The molecule has 102 valence electrons. The van der Waals surface area contributed by atoms with E-state index < -0.39 is 15.8 Å². The van der Waals surface area contributed by atoms with Gasteiger partial charge in [-0.15, -0.1) is 0 Å². The molecule has 0 saturated carbocycles. The predicted octanol–water partition coefficient (Wildman–Crippen LogP) is 1.28. The standard InChI is InChI=1S/C12H19FN2O2S/c1-9-7-11(13)8-10(2)12(9)18(16,17)14-5-6-15(3)4/h7-8,14H,5-6H2,1-4H3. The highest BCUT2D eigenvalue weighted by molar-refractivity contribution is 7.89. The molecule has 0 aliphatic heterocycles. The summed E-state index contributed by atoms with van der Waals surface area (Å²) in [6.07, 6.45) is 0. The summed E-state index contributed by atoms with van der Waals surface area (Å²) in [7, 11) is 0.150. The molecule has 0 radical (unpaired) electrons. The number of nitrogens with one attached hydrogen (secondary N) is 1. The maximum atomic E-state index is 13.1. The molecule has 0 aliphatic carbocycles. The van der Waals surface area contributed by atoms with Crippen molar-refractivity contribution in [3.05, 3.63) is 29.1 Å². The highest BCUT2D eigenvalue weighted by Gasteiger charge is 2.19. The average Bonchev–Trinajstić information content (AvgIpc) is 2.13. The van der Waals surface area contributed by atoms with Crippen LogP contribution in [-0.2, 0) is 10.0 Å². The van der Waals surface area contributed by atoms with E-state index in [1.54, 1.807) is 13.8 Å². The van der Waals surface area contributed by atoms with E-state index in [1.807, 2.05) is 19.0 Å². The second-order valence-electron chi connectivity index (χ2n) is 4.57. The van der Waals surface area contributed by atoms with Gasteiger partial charge in [0.15, 0.2) is 0 Å². The Morgan fingerprint density at radius 3 is 2.17 bits per heavy atom. The van der Waals surface area contributed by atoms with E-state index >= 15 is 0 Å². The predicted molar refractivity (Wildman–Crippen MR) is 69.6 cm³/mol. The molecule has 0 bridgehead atoms. The van der Waals surface area contributed by atoms with Crippen LogP contribution in [0.3, 0.4) is 0 Å². The summed E-state index contributed by atoms with van der Waals surface area (Å²) in [6, 6.07) is 2.46. The van der Waals surface area contributed by atoms with Crippen LogP contribution in [0.25, 0.3) is 0 Å². The zero-order valence-electron chi connectivity index (χ0n) is 11.1. The average molecular weight is 274 g/mol. The summed E-state index contributed by atoms with van der Waals surface area (Å²) < 4.78 is 39.9. The van der Waals surface area contributed by atoms with E-state index in [-0.39, 0.29) is 4.90 Å². The largest absolute Gasteiger partial charge is 0.308 e. The molecule has 4 nitrogen and oxygen atoms in total. The quantitative estimate of drug-likeness (QED) is 0.880. The molecule has 0 saturated heterocycles. The Morgan fingerprint density at radius 1 is 1.22 bits per heavy atom. The van der Waals surface area contributed by atoms with Gasteiger partial charge >= 0.3 is 0 Å². The molecule has 6 heteroatoms. The van der Waals surface area contributed by atoms with E-state index in [4.69, 9.17) is 0 Å². The third kappa shape index (κ3) is 3.76. The van der Waals surface area contributed by atoms with Crippen LogP contribution in [0.4, 0.5) is 4.39 Å². The molecule has 0 heterocycles. The fourth-order valence-electron chi connectivity index (χ4n) is 1.80. The number of hydrogen-bond donors (Lipinski definition) is 1. The Balaban J connectivity index is 2.99. The van der Waals surface area contributed by atoms with Gasteiger partial charge in [-0.1, -0.05) is 0 Å². The van der Waals surface area contributed by atoms with Crippen molar-refractivity contribution in [3.63, 3.8) is 0 Å². The van der Waals surface area contributed by atoms with Gasteiger partial charge in [0.25, 0.3) is 0 Å². The first-order chi connectivity index (χ1) is 8.24. The van der Waals surface area contributed by atoms with Gasteiger partial charge in [0.2, 0.25) is 10.0 Å². The zero-order valence-corrected chi connectivity index (χ0v) is 11.9. The highest BCUT2D eigenvalue weighted by Crippen LogP contribution is 2.20. The molecule has 1 aromatic carbocycles. The number of rotatable bonds is 5. The maximum Gasteiger partial charge on any atom is 0.241 e. The van der Waals surface area contributed by atoms with Crippen LogP contribution in [0, 0.1) is 19.7 Å². The van der Waals surface area contributed by atoms with Gasteiger partial charge in [0.05, 0.1) is 4.90 Å². The van der Waals surface area contributed by atoms with Crippen molar-refractivity contribution < 1.29 is 12.8 Å². The van der Waals surface area contributed by atoms with Gasteiger partial charge in [-0.05, 0) is 51.2 Å². The van der Waals surface area contributed by atoms with Crippen molar-refractivity contribution >= 4 is 10.0 Å². The molecule has 0 fully saturated rings. The van der Waals surface area contributed by atoms with Crippen molar-refractivity contribution in [3.8, 4) is 0 Å². The van der Waals surface area contributed by atoms with Crippen LogP contribution in [0.5, 0.6) is 0 Å². The van der Waals surface area contributed by atoms with Gasteiger partial charge < -0.3 is 4.90 Å². The van der Waals surface area contributed by atoms with Crippen molar-refractivity contribution in [1.29, 1.82) is 0 Å². The number of aryl methyl sites for hydroxylation is 2. The number of nitrogens with zero attached hydrogens (tertiary/aromatic N) is 1. The molecule has 0 atom stereocenters. The minimum atomic E-state index is -3.58. The first-order valence-electron chi connectivity index (χ1n) is 5.65. The first-order valence-corrected chi connectivity index (χ1v) is 7.13. The molecule has 0 amide bonds. The van der Waals surface area contributed by atoms with Crippen LogP contribution < -0.4 is 4.72 Å². The molecule has 0 aliphatic rings. The van der Waals surface area contributed by atoms with E-state index in [0.717, 1.165) is 0 Å². The van der Waals surface area contributed by atoms with Crippen molar-refractivity contribution in [2.75, 3.05) is 27.2 Å². The lowest BCUT2D eigenvalue weighted by Crippen LogP contribution is -2.32. The SMILES string of the molecule is Cc1cc(F)cc(C)c1S(=O)(=O)NCCN(C)C. The molecule has 0 unspecified atom stereocenters. The van der Waals surface area contributed by atoms with Gasteiger partial charge in [-0.2, -0.15) is 0 Å². The van der Waals surface area contributed by atoms with Crippen LogP contribution in [0.15, 0.2) is 17.0 Å². The number of hydrogen-bond acceptors (Lipinski definition) is 3. The van der Waals surface area contributed by atoms with Crippen molar-refractivity contribution in [2.24, 2.45) is 0 Å². The summed E-state index contributed by atoms with van der Waals surface area (Å²) in [6.45, 7) is 4.12. The molecule has 0 aromatic heterocycles. The number of sulfonamides is 1. The van der Waals surface area contributed by atoms with Crippen LogP contribution in [0.1, 0.15) is 11.1 Å². The van der Waals surface area contributed by atoms with Crippen LogP contribution in [0.2, 0.25) is 0 Å². The van der Waals surface area contributed by atoms with Crippen molar-refractivity contribution in [2.45, 2.75) is 18.7 Å². The van der Waals surface area contributed by atoms with Gasteiger partial charge in [0, 0.05) is 13.1 Å². The van der Waals surface area contributed by atoms with Gasteiger partial charge in [-0.25, -0.2) is 17.5 Å². The van der Waals surface area contributed by atoms with E-state index in [0.29, 0.717) is 24.2 Å². The lowest BCUT2D eigenvalue weighted by molar-refractivity contribution is 0.412. The minimum absolute atomic E-state index is 0.169. The topological polar surface area (TPSA) is 49.4 Å². The monoisotopic (exact) mass is 274 g/mol. The Kier molecular flexibility index (Phi) is 4.84. The molecule has 0 spiro atoms. The minimum Gasteiger partial charge on any atom is -0.308 e. The van der Waals surface area contributed by atoms with Gasteiger partial charge in [-0.3, -0.25) is 0 Å². The Hall–Kier alpha value is -0.980. The second kappa shape index (κ2) is 5.77. The number of benzene rings is 1. The third-order valence-electron chi connectivity index (χ3n) is 2.54. The lowest BCUT2D eigenvalue weighted by Gasteiger charge is -2.14. The normalized spacial score (nSPS) is 12.1. The smallest absolute Gasteiger partial charge is 0.241 e. The molecule has 1 rings (SSSR count). The summed E-state index contributed by atoms with van der Waals surface area (Å²) >= 11 is 0. The van der Waals surface area contributed by atoms with E-state index in [9.17, 15) is 12.8 Å². The summed E-state index contributed by atoms with van der Waals surface area (Å²) in [4.78, 5) is 2.05. The van der Waals surface area contributed by atoms with Crippen LogP contribution >= 0.6 is 0 Å². The maximum absolute atomic E-state index is 13.1. The first kappa shape index (κ1) is 15.1. The lowest BCUT2D eigenvalue weighted by atomic mass is 10.1. The van der Waals surface area contributed by atoms with E-state index in [2.05, 4.69) is 4.72 Å². The third-order valence-corrected chi connectivity index (χ3v) is 4.31. The highest BCUT2D eigenvalue weighted by atomic mass is 32.2. The fraction of sp³-hybridized carbons (Fsp3) is 0.500. The summed E-state index contributed by atoms with van der Waals surface area (Å²) in [5, 5.41) is 0. The van der Waals surface area contributed by atoms with Crippen LogP contribution in [-0.4, -0.2) is 40.5 Å². The summed E-state index contributed by atoms with van der Waals surface area (Å²) in [5.74, 6) is -0.419. The fourth-order valence-corrected chi connectivity index (χ4v) is 3.27. The molecule has 1 aromatic rings. The van der Waals surface area contributed by atoms with Gasteiger partial charge in [0.1, 0.15) is 5.82 Å². The summed E-state index contributed by atoms with van der Waals surface area (Å²) in [5.41, 5.74) is 0.842. The Bertz CT molecular complexity index is 504. The van der Waals surface area contributed by atoms with Crippen molar-refractivity contribution in [1.82, 2.24) is 9.62 Å². The Labute approximate surface area is 108 Å². The molecular formula is C12H19FN2O2S. The molecule has 1 N–H and O–H groups in total. The number of halogens is 1. The molecule has 18 heavy (non-hydrogen) atoms. The second-order valence-corrected chi connectivity index (χ2v) is 6.27. The number of likely N-dealkylation sites (N-methyl/N-ethyl adjacent to an activating group) is 1.